The van der Waals surface area contributed by atoms with Crippen LogP contribution in [-0.4, -0.2) is 40.4 Å². The number of benzene rings is 1. The summed E-state index contributed by atoms with van der Waals surface area (Å²) in [5.41, 5.74) is 0.226. The second-order valence-corrected chi connectivity index (χ2v) is 6.98. The average molecular weight is 381 g/mol. The maximum Gasteiger partial charge on any atom is 0.230 e. The van der Waals surface area contributed by atoms with Crippen LogP contribution in [0.5, 0.6) is 0 Å². The normalized spacial score (nSPS) is 16.6. The minimum Gasteiger partial charge on any atom is -0.381 e. The molecule has 0 aliphatic carbocycles. The highest BCUT2D eigenvalue weighted by Crippen LogP contribution is 2.38. The van der Waals surface area contributed by atoms with Gasteiger partial charge in [-0.3, -0.25) is 9.89 Å². The Balaban J connectivity index is 1.75. The molecule has 1 amide bonds. The molecule has 0 saturated carbocycles. The fourth-order valence-corrected chi connectivity index (χ4v) is 3.72. The fraction of sp³-hybridized carbons (Fsp3) is 0.471. The molecule has 0 bridgehead atoms. The first-order chi connectivity index (χ1) is 12.0. The minimum absolute atomic E-state index is 0.0133. The zero-order chi connectivity index (χ0) is 17.9. The van der Waals surface area contributed by atoms with E-state index in [9.17, 15) is 4.79 Å². The van der Waals surface area contributed by atoms with Crippen LogP contribution in [0.3, 0.4) is 0 Å². The van der Waals surface area contributed by atoms with E-state index in [2.05, 4.69) is 15.5 Å². The Morgan fingerprint density at radius 1 is 1.44 bits per heavy atom. The highest BCUT2D eigenvalue weighted by Gasteiger charge is 2.42. The first-order valence-electron chi connectivity index (χ1n) is 8.26. The van der Waals surface area contributed by atoms with Gasteiger partial charge in [0.05, 0.1) is 5.41 Å². The molecule has 1 saturated heterocycles. The van der Waals surface area contributed by atoms with Crippen molar-refractivity contribution < 1.29 is 9.53 Å². The maximum absolute atomic E-state index is 13.1. The Morgan fingerprint density at radius 2 is 2.16 bits per heavy atom. The van der Waals surface area contributed by atoms with E-state index in [4.69, 9.17) is 28.6 Å². The monoisotopic (exact) mass is 380 g/mol. The molecule has 8 heteroatoms. The van der Waals surface area contributed by atoms with E-state index in [1.54, 1.807) is 4.57 Å². The summed E-state index contributed by atoms with van der Waals surface area (Å²) < 4.78 is 7.85. The number of aromatic nitrogens is 3. The van der Waals surface area contributed by atoms with Crippen molar-refractivity contribution in [3.8, 4) is 0 Å². The van der Waals surface area contributed by atoms with Crippen LogP contribution in [0.1, 0.15) is 24.2 Å². The molecule has 0 spiro atoms. The molecular weight excluding hydrogens is 360 g/mol. The Labute approximate surface area is 156 Å². The predicted molar refractivity (Wildman–Crippen MR) is 98.3 cm³/mol. The number of hydrogen-bond donors (Lipinski definition) is 2. The van der Waals surface area contributed by atoms with Crippen molar-refractivity contribution in [2.75, 3.05) is 19.8 Å². The number of rotatable bonds is 5. The molecule has 0 unspecified atom stereocenters. The lowest BCUT2D eigenvalue weighted by Crippen LogP contribution is -2.48. The molecule has 1 fully saturated rings. The summed E-state index contributed by atoms with van der Waals surface area (Å²) in [6.07, 6.45) is 1.84. The minimum atomic E-state index is -0.645. The van der Waals surface area contributed by atoms with E-state index in [-0.39, 0.29) is 5.91 Å². The van der Waals surface area contributed by atoms with Crippen molar-refractivity contribution >= 4 is 29.7 Å². The van der Waals surface area contributed by atoms with Gasteiger partial charge < -0.3 is 14.6 Å². The Hall–Kier alpha value is -1.70. The van der Waals surface area contributed by atoms with Gasteiger partial charge >= 0.3 is 0 Å². The van der Waals surface area contributed by atoms with E-state index in [0.717, 1.165) is 11.4 Å². The van der Waals surface area contributed by atoms with Crippen LogP contribution in [0.4, 0.5) is 0 Å². The van der Waals surface area contributed by atoms with Crippen LogP contribution in [0, 0.1) is 4.77 Å². The first-order valence-corrected chi connectivity index (χ1v) is 9.04. The quantitative estimate of drug-likeness (QED) is 0.782. The summed E-state index contributed by atoms with van der Waals surface area (Å²) in [5.74, 6) is 0.796. The van der Waals surface area contributed by atoms with Crippen molar-refractivity contribution in [3.63, 3.8) is 0 Å². The number of ether oxygens (including phenoxy) is 1. The third kappa shape index (κ3) is 3.63. The summed E-state index contributed by atoms with van der Waals surface area (Å²) in [4.78, 5) is 13.1. The van der Waals surface area contributed by atoms with Gasteiger partial charge in [-0.1, -0.05) is 29.8 Å². The fourth-order valence-electron chi connectivity index (χ4n) is 3.25. The summed E-state index contributed by atoms with van der Waals surface area (Å²) >= 11 is 11.5. The molecule has 1 aromatic heterocycles. The molecule has 3 rings (SSSR count). The number of carbonyl (C=O) groups is 1. The highest BCUT2D eigenvalue weighted by atomic mass is 35.5. The zero-order valence-corrected chi connectivity index (χ0v) is 15.6. The topological polar surface area (TPSA) is 71.9 Å². The molecule has 2 heterocycles. The lowest BCUT2D eigenvalue weighted by molar-refractivity contribution is -0.130. The molecule has 25 heavy (non-hydrogen) atoms. The Bertz CT molecular complexity index is 811. The van der Waals surface area contributed by atoms with Crippen molar-refractivity contribution in [1.29, 1.82) is 0 Å². The largest absolute Gasteiger partial charge is 0.381 e. The van der Waals surface area contributed by atoms with Crippen LogP contribution >= 0.6 is 23.8 Å². The molecule has 0 radical (unpaired) electrons. The van der Waals surface area contributed by atoms with Crippen LogP contribution in [-0.2, 0) is 28.4 Å². The average Bonchev–Trinajstić information content (AvgIpc) is 2.95. The van der Waals surface area contributed by atoms with Crippen LogP contribution in [0.15, 0.2) is 24.3 Å². The third-order valence-electron chi connectivity index (χ3n) is 4.78. The van der Waals surface area contributed by atoms with Gasteiger partial charge in [-0.15, -0.1) is 0 Å². The van der Waals surface area contributed by atoms with Gasteiger partial charge in [0, 0.05) is 38.2 Å². The maximum atomic E-state index is 13.1. The SMILES string of the molecule is Cn1c(CCNC(=O)C2(c3ccccc3Cl)CCOCC2)n[nH]c1=S. The van der Waals surface area contributed by atoms with Crippen molar-refractivity contribution in [3.05, 3.63) is 45.4 Å². The number of nitrogens with one attached hydrogen (secondary N) is 2. The van der Waals surface area contributed by atoms with Gasteiger partial charge in [0.15, 0.2) is 4.77 Å². The molecule has 2 aromatic rings. The lowest BCUT2D eigenvalue weighted by atomic mass is 9.73. The standard InChI is InChI=1S/C17H21ClN4O2S/c1-22-14(20-21-16(22)25)6-9-19-15(23)17(7-10-24-11-8-17)12-4-2-3-5-13(12)18/h2-5H,6-11H2,1H3,(H,19,23)(H,21,25). The molecule has 1 aliphatic heterocycles. The van der Waals surface area contributed by atoms with E-state index in [0.29, 0.717) is 48.8 Å². The van der Waals surface area contributed by atoms with E-state index >= 15 is 0 Å². The third-order valence-corrected chi connectivity index (χ3v) is 5.47. The van der Waals surface area contributed by atoms with E-state index in [1.165, 1.54) is 0 Å². The van der Waals surface area contributed by atoms with Gasteiger partial charge in [0.2, 0.25) is 5.91 Å². The molecule has 6 nitrogen and oxygen atoms in total. The van der Waals surface area contributed by atoms with Crippen LogP contribution in [0.25, 0.3) is 0 Å². The van der Waals surface area contributed by atoms with Crippen molar-refractivity contribution in [2.24, 2.45) is 7.05 Å². The van der Waals surface area contributed by atoms with Gasteiger partial charge in [-0.05, 0) is 36.7 Å². The number of carbonyl (C=O) groups excluding carboxylic acids is 1. The molecule has 1 aromatic carbocycles. The summed E-state index contributed by atoms with van der Waals surface area (Å²) in [6.45, 7) is 1.58. The molecular formula is C17H21ClN4O2S. The first kappa shape index (κ1) is 18.1. The summed E-state index contributed by atoms with van der Waals surface area (Å²) in [5, 5.41) is 10.6. The second-order valence-electron chi connectivity index (χ2n) is 6.18. The molecule has 1 aliphatic rings. The van der Waals surface area contributed by atoms with Gasteiger partial charge in [-0.2, -0.15) is 5.10 Å². The van der Waals surface area contributed by atoms with Gasteiger partial charge in [0.1, 0.15) is 5.82 Å². The molecule has 134 valence electrons. The zero-order valence-electron chi connectivity index (χ0n) is 14.0. The Morgan fingerprint density at radius 3 is 2.80 bits per heavy atom. The number of nitrogens with zero attached hydrogens (tertiary/aromatic N) is 2. The summed E-state index contributed by atoms with van der Waals surface area (Å²) in [7, 11) is 1.85. The highest BCUT2D eigenvalue weighted by molar-refractivity contribution is 7.71. The number of amides is 1. The second kappa shape index (κ2) is 7.68. The molecule has 2 N–H and O–H groups in total. The lowest BCUT2D eigenvalue weighted by Gasteiger charge is -2.36. The molecule has 0 atom stereocenters. The van der Waals surface area contributed by atoms with Gasteiger partial charge in [0.25, 0.3) is 0 Å². The number of aromatic amines is 1. The number of H-pyrrole nitrogens is 1. The van der Waals surface area contributed by atoms with Gasteiger partial charge in [-0.25, -0.2) is 0 Å². The summed E-state index contributed by atoms with van der Waals surface area (Å²) in [6, 6.07) is 7.56. The van der Waals surface area contributed by atoms with E-state index < -0.39 is 5.41 Å². The van der Waals surface area contributed by atoms with Crippen molar-refractivity contribution in [1.82, 2.24) is 20.1 Å². The van der Waals surface area contributed by atoms with Crippen LogP contribution < -0.4 is 5.32 Å². The Kier molecular flexibility index (Phi) is 5.56. The number of hydrogen-bond acceptors (Lipinski definition) is 4. The smallest absolute Gasteiger partial charge is 0.230 e. The van der Waals surface area contributed by atoms with Crippen molar-refractivity contribution in [2.45, 2.75) is 24.7 Å². The number of halogens is 1. The van der Waals surface area contributed by atoms with Crippen LogP contribution in [0.2, 0.25) is 5.02 Å². The van der Waals surface area contributed by atoms with E-state index in [1.807, 2.05) is 31.3 Å². The predicted octanol–water partition coefficient (Wildman–Crippen LogP) is 2.54.